The van der Waals surface area contributed by atoms with Gasteiger partial charge in [-0.15, -0.1) is 0 Å². The third-order valence-electron chi connectivity index (χ3n) is 5.56. The van der Waals surface area contributed by atoms with Gasteiger partial charge in [0.05, 0.1) is 22.8 Å². The van der Waals surface area contributed by atoms with Crippen molar-refractivity contribution in [1.29, 1.82) is 0 Å². The fraction of sp³-hybridized carbons (Fsp3) is 0.517. The molecule has 0 heterocycles. The van der Waals surface area contributed by atoms with Gasteiger partial charge in [0.15, 0.2) is 0 Å². The molecule has 0 fully saturated rings. The van der Waals surface area contributed by atoms with Crippen molar-refractivity contribution in [2.24, 2.45) is 9.98 Å². The summed E-state index contributed by atoms with van der Waals surface area (Å²) in [6.07, 6.45) is 10.6. The maximum Gasteiger partial charge on any atom is 0.0639 e. The minimum absolute atomic E-state index is 0. The summed E-state index contributed by atoms with van der Waals surface area (Å²) in [5.74, 6) is 0. The largest absolute Gasteiger partial charge is 0.252 e. The van der Waals surface area contributed by atoms with Crippen LogP contribution in [0.1, 0.15) is 93.9 Å². The van der Waals surface area contributed by atoms with Crippen LogP contribution in [0.4, 0.5) is 11.4 Å². The van der Waals surface area contributed by atoms with E-state index in [1.807, 2.05) is 0 Å². The first-order valence-corrected chi connectivity index (χ1v) is 12.2. The molecule has 0 aliphatic rings. The molecule has 0 saturated carbocycles. The van der Waals surface area contributed by atoms with Crippen LogP contribution in [0.5, 0.6) is 0 Å². The van der Waals surface area contributed by atoms with Crippen molar-refractivity contribution in [2.75, 3.05) is 0 Å². The van der Waals surface area contributed by atoms with Gasteiger partial charge in [-0.3, -0.25) is 9.98 Å². The molecule has 0 unspecified atom stereocenters. The molecule has 0 spiro atoms. The molecule has 3 heteroatoms. The third-order valence-corrected chi connectivity index (χ3v) is 5.56. The summed E-state index contributed by atoms with van der Waals surface area (Å²) in [5.41, 5.74) is 9.54. The standard InChI is InChI=1S/C29H42N2.Ni/c1-7-9-11-13-15-29(31-27-20-24(5)17-25(6)21-27)28(14-12-10-8-2)30-26-18-22(3)16-23(4)19-26;/h16-21H,7-15H2,1-6H3;/b30-28+,31-29+;. The first-order chi connectivity index (χ1) is 14.9. The van der Waals surface area contributed by atoms with Gasteiger partial charge in [0.2, 0.25) is 0 Å². The van der Waals surface area contributed by atoms with Crippen LogP contribution in [0, 0.1) is 27.7 Å². The molecule has 0 bridgehead atoms. The summed E-state index contributed by atoms with van der Waals surface area (Å²) in [4.78, 5) is 10.4. The third kappa shape index (κ3) is 10.3. The van der Waals surface area contributed by atoms with Gasteiger partial charge < -0.3 is 0 Å². The quantitative estimate of drug-likeness (QED) is 0.165. The van der Waals surface area contributed by atoms with Crippen LogP contribution in [0.3, 0.4) is 0 Å². The van der Waals surface area contributed by atoms with Crippen LogP contribution in [0.15, 0.2) is 46.4 Å². The van der Waals surface area contributed by atoms with Gasteiger partial charge in [-0.25, -0.2) is 0 Å². The van der Waals surface area contributed by atoms with Gasteiger partial charge in [-0.05, 0) is 99.9 Å². The summed E-state index contributed by atoms with van der Waals surface area (Å²) in [7, 11) is 0. The Morgan fingerprint density at radius 1 is 0.531 bits per heavy atom. The van der Waals surface area contributed by atoms with E-state index in [4.69, 9.17) is 9.98 Å². The predicted molar refractivity (Wildman–Crippen MR) is 139 cm³/mol. The molecule has 0 saturated heterocycles. The van der Waals surface area contributed by atoms with E-state index in [9.17, 15) is 0 Å². The number of aliphatic imine (C=N–C) groups is 2. The average molecular weight is 477 g/mol. The van der Waals surface area contributed by atoms with Crippen molar-refractivity contribution in [1.82, 2.24) is 0 Å². The molecule has 32 heavy (non-hydrogen) atoms. The van der Waals surface area contributed by atoms with E-state index < -0.39 is 0 Å². The Labute approximate surface area is 207 Å². The zero-order valence-electron chi connectivity index (χ0n) is 21.0. The molecule has 0 N–H and O–H groups in total. The van der Waals surface area contributed by atoms with E-state index >= 15 is 0 Å². The second-order valence-electron chi connectivity index (χ2n) is 9.08. The topological polar surface area (TPSA) is 24.7 Å². The normalized spacial score (nSPS) is 12.1. The van der Waals surface area contributed by atoms with Crippen LogP contribution in [-0.4, -0.2) is 11.4 Å². The minimum Gasteiger partial charge on any atom is -0.252 e. The summed E-state index contributed by atoms with van der Waals surface area (Å²) < 4.78 is 0. The molecule has 2 aromatic rings. The molecule has 0 atom stereocenters. The van der Waals surface area contributed by atoms with E-state index in [-0.39, 0.29) is 16.5 Å². The van der Waals surface area contributed by atoms with E-state index in [0.717, 1.165) is 24.2 Å². The Balaban J connectivity index is 0.00000512. The number of hydrogen-bond donors (Lipinski definition) is 0. The Bertz CT molecular complexity index is 856. The van der Waals surface area contributed by atoms with Gasteiger partial charge >= 0.3 is 0 Å². The predicted octanol–water partition coefficient (Wildman–Crippen LogP) is 9.31. The number of benzene rings is 2. The summed E-state index contributed by atoms with van der Waals surface area (Å²) in [5, 5.41) is 0. The number of rotatable bonds is 12. The summed E-state index contributed by atoms with van der Waals surface area (Å²) in [6.45, 7) is 13.1. The van der Waals surface area contributed by atoms with Crippen LogP contribution in [0.2, 0.25) is 0 Å². The zero-order valence-corrected chi connectivity index (χ0v) is 22.0. The van der Waals surface area contributed by atoms with Gasteiger partial charge in [0.1, 0.15) is 0 Å². The Morgan fingerprint density at radius 2 is 0.875 bits per heavy atom. The Hall–Kier alpha value is -1.73. The van der Waals surface area contributed by atoms with Gasteiger partial charge in [0.25, 0.3) is 0 Å². The fourth-order valence-electron chi connectivity index (χ4n) is 4.13. The van der Waals surface area contributed by atoms with Crippen LogP contribution in [0.25, 0.3) is 0 Å². The van der Waals surface area contributed by atoms with Crippen molar-refractivity contribution in [3.63, 3.8) is 0 Å². The van der Waals surface area contributed by atoms with E-state index in [1.54, 1.807) is 0 Å². The van der Waals surface area contributed by atoms with Crippen molar-refractivity contribution in [2.45, 2.75) is 99.3 Å². The molecule has 2 aromatic carbocycles. The van der Waals surface area contributed by atoms with Crippen LogP contribution in [-0.2, 0) is 16.5 Å². The number of aryl methyl sites for hydroxylation is 4. The molecule has 178 valence electrons. The van der Waals surface area contributed by atoms with Gasteiger partial charge in [0, 0.05) is 16.5 Å². The number of nitrogens with zero attached hydrogens (tertiary/aromatic N) is 2. The smallest absolute Gasteiger partial charge is 0.0639 e. The second kappa shape index (κ2) is 15.2. The monoisotopic (exact) mass is 476 g/mol. The summed E-state index contributed by atoms with van der Waals surface area (Å²) in [6, 6.07) is 13.2. The Morgan fingerprint density at radius 3 is 1.25 bits per heavy atom. The second-order valence-corrected chi connectivity index (χ2v) is 9.08. The minimum atomic E-state index is 0. The van der Waals surface area contributed by atoms with E-state index in [1.165, 1.54) is 78.6 Å². The van der Waals surface area contributed by atoms with Crippen LogP contribution >= 0.6 is 0 Å². The first kappa shape index (κ1) is 28.3. The summed E-state index contributed by atoms with van der Waals surface area (Å²) >= 11 is 0. The zero-order chi connectivity index (χ0) is 22.6. The fourth-order valence-corrected chi connectivity index (χ4v) is 4.13. The maximum atomic E-state index is 5.18. The molecule has 0 radical (unpaired) electrons. The molecule has 0 aromatic heterocycles. The van der Waals surface area contributed by atoms with Crippen molar-refractivity contribution < 1.29 is 16.5 Å². The number of hydrogen-bond acceptors (Lipinski definition) is 2. The molecule has 0 amide bonds. The SMILES string of the molecule is CCCCCCC(=N\c1cc(C)cc(C)c1)/C(CCCCC)=N/c1cc(C)cc(C)c1.[Ni]. The van der Waals surface area contributed by atoms with Gasteiger partial charge in [-0.2, -0.15) is 0 Å². The Kier molecular flexibility index (Phi) is 13.4. The van der Waals surface area contributed by atoms with E-state index in [0.29, 0.717) is 0 Å². The molecule has 2 nitrogen and oxygen atoms in total. The molecule has 0 aliphatic carbocycles. The van der Waals surface area contributed by atoms with Crippen molar-refractivity contribution in [3.8, 4) is 0 Å². The van der Waals surface area contributed by atoms with Crippen molar-refractivity contribution >= 4 is 22.8 Å². The first-order valence-electron chi connectivity index (χ1n) is 12.2. The molecular formula is C29H42N2Ni. The molecule has 2 rings (SSSR count). The molecular weight excluding hydrogens is 435 g/mol. The van der Waals surface area contributed by atoms with Gasteiger partial charge in [-0.1, -0.05) is 58.1 Å². The van der Waals surface area contributed by atoms with Crippen molar-refractivity contribution in [3.05, 3.63) is 58.7 Å². The maximum absolute atomic E-state index is 5.18. The molecule has 0 aliphatic heterocycles. The number of unbranched alkanes of at least 4 members (excludes halogenated alkanes) is 5. The van der Waals surface area contributed by atoms with E-state index in [2.05, 4.69) is 77.9 Å². The van der Waals surface area contributed by atoms with Crippen LogP contribution < -0.4 is 0 Å². The average Bonchev–Trinajstić information content (AvgIpc) is 2.68.